The van der Waals surface area contributed by atoms with Gasteiger partial charge in [0.1, 0.15) is 6.04 Å². The lowest BCUT2D eigenvalue weighted by molar-refractivity contribution is -0.898. The van der Waals surface area contributed by atoms with Crippen molar-refractivity contribution in [2.75, 3.05) is 32.5 Å². The zero-order valence-electron chi connectivity index (χ0n) is 19.3. The second-order valence-electron chi connectivity index (χ2n) is 8.34. The summed E-state index contributed by atoms with van der Waals surface area (Å²) in [5, 5.41) is 2.95. The van der Waals surface area contributed by atoms with Gasteiger partial charge in [-0.1, -0.05) is 78.9 Å². The van der Waals surface area contributed by atoms with Crippen molar-refractivity contribution >= 4 is 17.5 Å². The van der Waals surface area contributed by atoms with Crippen molar-refractivity contribution in [3.8, 4) is 0 Å². The molecular weight excluding hydrogens is 398 g/mol. The minimum Gasteiger partial charge on any atom is -0.332 e. The number of hydrogen-bond acceptors (Lipinski definition) is 2. The van der Waals surface area contributed by atoms with Gasteiger partial charge in [-0.3, -0.25) is 9.59 Å². The minimum atomic E-state index is -0.196. The Morgan fingerprint density at radius 2 is 1.34 bits per heavy atom. The lowest BCUT2D eigenvalue weighted by Gasteiger charge is -2.27. The number of carbonyl (C=O) groups excluding carboxylic acids is 2. The number of quaternary nitrogens is 1. The molecule has 0 saturated carbocycles. The fourth-order valence-electron chi connectivity index (χ4n) is 4.02. The van der Waals surface area contributed by atoms with Crippen LogP contribution in [0.15, 0.2) is 78.9 Å². The fraction of sp³-hybridized carbons (Fsp3) is 0.259. The summed E-state index contributed by atoms with van der Waals surface area (Å²) in [5.41, 5.74) is 5.13. The van der Waals surface area contributed by atoms with E-state index in [4.69, 9.17) is 0 Å². The zero-order valence-corrected chi connectivity index (χ0v) is 19.3. The predicted octanol–water partition coefficient (Wildman–Crippen LogP) is 3.00. The number of carbonyl (C=O) groups is 2. The Hall–Kier alpha value is -3.44. The van der Waals surface area contributed by atoms with E-state index < -0.39 is 0 Å². The van der Waals surface area contributed by atoms with Crippen molar-refractivity contribution in [3.05, 3.63) is 101 Å². The average molecular weight is 431 g/mol. The fourth-order valence-corrected chi connectivity index (χ4v) is 4.02. The molecule has 2 N–H and O–H groups in total. The number of nitrogens with one attached hydrogen (secondary N) is 2. The molecule has 0 fully saturated rings. The normalized spacial score (nSPS) is 11.8. The molecule has 1 unspecified atom stereocenters. The summed E-state index contributed by atoms with van der Waals surface area (Å²) < 4.78 is 0. The van der Waals surface area contributed by atoms with E-state index in [1.165, 1.54) is 4.90 Å². The first-order valence-electron chi connectivity index (χ1n) is 10.9. The number of hydrogen-bond donors (Lipinski definition) is 2. The molecule has 3 aromatic carbocycles. The lowest BCUT2D eigenvalue weighted by atomic mass is 9.97. The van der Waals surface area contributed by atoms with Crippen LogP contribution in [0.1, 0.15) is 28.3 Å². The van der Waals surface area contributed by atoms with Gasteiger partial charge in [-0.2, -0.15) is 0 Å². The predicted molar refractivity (Wildman–Crippen MR) is 129 cm³/mol. The maximum Gasteiger partial charge on any atom is 0.277 e. The maximum absolute atomic E-state index is 13.0. The molecule has 0 radical (unpaired) electrons. The Kier molecular flexibility index (Phi) is 7.79. The van der Waals surface area contributed by atoms with Crippen LogP contribution >= 0.6 is 0 Å². The van der Waals surface area contributed by atoms with Gasteiger partial charge in [-0.15, -0.1) is 0 Å². The van der Waals surface area contributed by atoms with Crippen LogP contribution in [0, 0.1) is 13.8 Å². The molecule has 166 valence electrons. The number of para-hydroxylation sites is 1. The van der Waals surface area contributed by atoms with Gasteiger partial charge in [0, 0.05) is 23.9 Å². The van der Waals surface area contributed by atoms with Gasteiger partial charge < -0.3 is 15.1 Å². The van der Waals surface area contributed by atoms with Crippen LogP contribution in [0.2, 0.25) is 0 Å². The first kappa shape index (κ1) is 23.2. The average Bonchev–Trinajstić information content (AvgIpc) is 2.78. The summed E-state index contributed by atoms with van der Waals surface area (Å²) >= 11 is 0. The van der Waals surface area contributed by atoms with Gasteiger partial charge in [0.05, 0.1) is 13.6 Å². The van der Waals surface area contributed by atoms with E-state index in [-0.39, 0.29) is 30.9 Å². The van der Waals surface area contributed by atoms with E-state index in [0.717, 1.165) is 32.8 Å². The van der Waals surface area contributed by atoms with E-state index in [2.05, 4.69) is 29.6 Å². The van der Waals surface area contributed by atoms with Crippen LogP contribution in [0.4, 0.5) is 5.69 Å². The topological polar surface area (TPSA) is 53.9 Å². The molecule has 3 aromatic rings. The second kappa shape index (κ2) is 10.7. The second-order valence-corrected chi connectivity index (χ2v) is 8.34. The Morgan fingerprint density at radius 1 is 0.844 bits per heavy atom. The summed E-state index contributed by atoms with van der Waals surface area (Å²) in [5.74, 6) is -0.269. The van der Waals surface area contributed by atoms with Gasteiger partial charge in [0.25, 0.3) is 5.91 Å². The first-order valence-corrected chi connectivity index (χ1v) is 10.9. The molecule has 3 rings (SSSR count). The molecule has 0 aliphatic carbocycles. The molecular formula is C27H32N3O2+. The summed E-state index contributed by atoms with van der Waals surface area (Å²) in [6, 6.07) is 26.3. The van der Waals surface area contributed by atoms with Crippen molar-refractivity contribution in [1.82, 2.24) is 4.90 Å². The first-order chi connectivity index (χ1) is 15.4. The van der Waals surface area contributed by atoms with Crippen molar-refractivity contribution < 1.29 is 14.5 Å². The largest absolute Gasteiger partial charge is 0.332 e. The van der Waals surface area contributed by atoms with Crippen molar-refractivity contribution in [1.29, 1.82) is 0 Å². The Labute approximate surface area is 190 Å². The molecule has 0 saturated heterocycles. The maximum atomic E-state index is 13.0. The molecule has 5 heteroatoms. The van der Waals surface area contributed by atoms with Gasteiger partial charge in [-0.05, 0) is 25.0 Å². The number of likely N-dealkylation sites (N-methyl/N-ethyl adjacent to an activating group) is 2. The van der Waals surface area contributed by atoms with Gasteiger partial charge in [-0.25, -0.2) is 0 Å². The number of nitrogens with zero attached hydrogens (tertiary/aromatic N) is 1. The Balaban J connectivity index is 1.67. The van der Waals surface area contributed by atoms with Crippen LogP contribution in [0.5, 0.6) is 0 Å². The van der Waals surface area contributed by atoms with Crippen LogP contribution in [-0.4, -0.2) is 43.9 Å². The monoisotopic (exact) mass is 430 g/mol. The van der Waals surface area contributed by atoms with Crippen molar-refractivity contribution in [2.24, 2.45) is 0 Å². The molecule has 0 aliphatic heterocycles. The number of benzene rings is 3. The third kappa shape index (κ3) is 5.83. The highest BCUT2D eigenvalue weighted by atomic mass is 16.2. The van der Waals surface area contributed by atoms with E-state index >= 15 is 0 Å². The number of amides is 2. The van der Waals surface area contributed by atoms with E-state index in [0.29, 0.717) is 0 Å². The van der Waals surface area contributed by atoms with Crippen LogP contribution < -0.4 is 10.2 Å². The SMILES string of the molecule is Cc1cccc(C)c1NC(=O)CN(C)C(=O)C[NH+](C)C(c1ccccc1)c1ccccc1. The van der Waals surface area contributed by atoms with Crippen LogP contribution in [-0.2, 0) is 9.59 Å². The van der Waals surface area contributed by atoms with Gasteiger partial charge >= 0.3 is 0 Å². The molecule has 0 heterocycles. The van der Waals surface area contributed by atoms with E-state index in [9.17, 15) is 9.59 Å². The van der Waals surface area contributed by atoms with Crippen LogP contribution in [0.3, 0.4) is 0 Å². The number of rotatable bonds is 8. The summed E-state index contributed by atoms with van der Waals surface area (Å²) in [7, 11) is 3.70. The standard InChI is InChI=1S/C27H31N3O2/c1-20-12-11-13-21(2)26(20)28-24(31)18-29(3)25(32)19-30(4)27(22-14-7-5-8-15-22)23-16-9-6-10-17-23/h5-17,27H,18-19H2,1-4H3,(H,28,31)/p+1. The number of aryl methyl sites for hydroxylation is 2. The molecule has 0 aromatic heterocycles. The van der Waals surface area contributed by atoms with Gasteiger partial charge in [0.2, 0.25) is 5.91 Å². The molecule has 32 heavy (non-hydrogen) atoms. The highest BCUT2D eigenvalue weighted by molar-refractivity contribution is 5.95. The highest BCUT2D eigenvalue weighted by Gasteiger charge is 2.26. The third-order valence-corrected chi connectivity index (χ3v) is 5.74. The molecule has 5 nitrogen and oxygen atoms in total. The molecule has 0 spiro atoms. The van der Waals surface area contributed by atoms with Gasteiger partial charge in [0.15, 0.2) is 6.54 Å². The van der Waals surface area contributed by atoms with Crippen molar-refractivity contribution in [2.45, 2.75) is 19.9 Å². The summed E-state index contributed by atoms with van der Waals surface area (Å²) in [6.07, 6.45) is 0. The Bertz CT molecular complexity index is 991. The van der Waals surface area contributed by atoms with E-state index in [1.54, 1.807) is 7.05 Å². The quantitative estimate of drug-likeness (QED) is 0.577. The van der Waals surface area contributed by atoms with E-state index in [1.807, 2.05) is 75.5 Å². The zero-order chi connectivity index (χ0) is 23.1. The molecule has 0 aliphatic rings. The molecule has 1 atom stereocenters. The molecule has 2 amide bonds. The Morgan fingerprint density at radius 3 is 1.84 bits per heavy atom. The minimum absolute atomic E-state index is 0.0151. The highest BCUT2D eigenvalue weighted by Crippen LogP contribution is 2.20. The van der Waals surface area contributed by atoms with Crippen LogP contribution in [0.25, 0.3) is 0 Å². The third-order valence-electron chi connectivity index (χ3n) is 5.74. The molecule has 0 bridgehead atoms. The summed E-state index contributed by atoms with van der Waals surface area (Å²) in [6.45, 7) is 4.22. The lowest BCUT2D eigenvalue weighted by Crippen LogP contribution is -3.10. The number of anilines is 1. The smallest absolute Gasteiger partial charge is 0.277 e. The summed E-state index contributed by atoms with van der Waals surface area (Å²) in [4.78, 5) is 28.1. The van der Waals surface area contributed by atoms with Crippen molar-refractivity contribution in [3.63, 3.8) is 0 Å².